The zero-order chi connectivity index (χ0) is 11.0. The van der Waals surface area contributed by atoms with Crippen molar-refractivity contribution < 1.29 is 4.79 Å². The van der Waals surface area contributed by atoms with Crippen molar-refractivity contribution in [2.45, 2.75) is 18.5 Å². The van der Waals surface area contributed by atoms with E-state index in [0.717, 1.165) is 25.8 Å². The molecule has 1 aromatic rings. The van der Waals surface area contributed by atoms with E-state index in [4.69, 9.17) is 0 Å². The van der Waals surface area contributed by atoms with E-state index in [-0.39, 0.29) is 6.04 Å². The fraction of sp³-hybridized carbons (Fsp3) is 0.462. The third-order valence-corrected chi connectivity index (χ3v) is 3.69. The van der Waals surface area contributed by atoms with Gasteiger partial charge in [-0.3, -0.25) is 0 Å². The molecule has 2 saturated heterocycles. The Morgan fingerprint density at radius 1 is 1.25 bits per heavy atom. The zero-order valence-electron chi connectivity index (χ0n) is 9.17. The molecule has 84 valence electrons. The monoisotopic (exact) mass is 216 g/mol. The average Bonchev–Trinajstić information content (AvgIpc) is 2.64. The smallest absolute Gasteiger partial charge is 0.137 e. The number of carbonyl (C=O) groups is 1. The Balaban J connectivity index is 1.79. The molecule has 3 nitrogen and oxygen atoms in total. The van der Waals surface area contributed by atoms with Crippen LogP contribution < -0.4 is 10.2 Å². The minimum absolute atomic E-state index is 0.0683. The number of fused-ring (bicyclic) bond motifs is 2. The van der Waals surface area contributed by atoms with Crippen molar-refractivity contribution in [2.24, 2.45) is 5.92 Å². The molecule has 3 atom stereocenters. The summed E-state index contributed by atoms with van der Waals surface area (Å²) < 4.78 is 0. The first-order valence-corrected chi connectivity index (χ1v) is 5.88. The van der Waals surface area contributed by atoms with Gasteiger partial charge in [-0.25, -0.2) is 0 Å². The number of nitrogens with zero attached hydrogens (tertiary/aromatic N) is 1. The summed E-state index contributed by atoms with van der Waals surface area (Å²) in [5, 5.41) is 3.39. The van der Waals surface area contributed by atoms with Crippen LogP contribution in [-0.4, -0.2) is 31.5 Å². The number of aldehydes is 1. The highest BCUT2D eigenvalue weighted by Gasteiger charge is 2.39. The summed E-state index contributed by atoms with van der Waals surface area (Å²) in [5.74, 6) is 0.483. The molecular weight excluding hydrogens is 200 g/mol. The highest BCUT2D eigenvalue weighted by atomic mass is 16.1. The fourth-order valence-electron chi connectivity index (χ4n) is 2.93. The molecule has 0 radical (unpaired) electrons. The van der Waals surface area contributed by atoms with Gasteiger partial charge in [-0.15, -0.1) is 0 Å². The number of nitrogens with one attached hydrogen (secondary N) is 1. The third kappa shape index (κ3) is 1.61. The molecule has 2 fully saturated rings. The van der Waals surface area contributed by atoms with Crippen LogP contribution in [0.15, 0.2) is 30.3 Å². The lowest BCUT2D eigenvalue weighted by atomic mass is 9.95. The molecule has 3 heteroatoms. The van der Waals surface area contributed by atoms with Crippen molar-refractivity contribution in [3.05, 3.63) is 30.3 Å². The minimum atomic E-state index is 0.0683. The van der Waals surface area contributed by atoms with Gasteiger partial charge in [0.1, 0.15) is 6.29 Å². The highest BCUT2D eigenvalue weighted by molar-refractivity contribution is 5.60. The zero-order valence-corrected chi connectivity index (χ0v) is 9.17. The second-order valence-corrected chi connectivity index (χ2v) is 4.76. The van der Waals surface area contributed by atoms with Gasteiger partial charge in [0.15, 0.2) is 0 Å². The molecule has 0 aliphatic carbocycles. The predicted molar refractivity (Wildman–Crippen MR) is 63.5 cm³/mol. The predicted octanol–water partition coefficient (Wildman–Crippen LogP) is 1.05. The molecule has 2 heterocycles. The van der Waals surface area contributed by atoms with Crippen LogP contribution in [-0.2, 0) is 4.79 Å². The molecule has 2 aliphatic heterocycles. The Morgan fingerprint density at radius 3 is 2.81 bits per heavy atom. The molecule has 2 aliphatic rings. The number of para-hydroxylation sites is 1. The molecule has 1 N–H and O–H groups in total. The maximum Gasteiger partial charge on any atom is 0.137 e. The number of piperidine rings is 1. The molecule has 0 amide bonds. The van der Waals surface area contributed by atoms with Gasteiger partial charge in [0.25, 0.3) is 0 Å². The van der Waals surface area contributed by atoms with Crippen LogP contribution >= 0.6 is 0 Å². The van der Waals surface area contributed by atoms with Crippen molar-refractivity contribution in [3.63, 3.8) is 0 Å². The van der Waals surface area contributed by atoms with Crippen LogP contribution in [0.1, 0.15) is 6.42 Å². The molecular formula is C13H16N2O. The Labute approximate surface area is 95.4 Å². The summed E-state index contributed by atoms with van der Waals surface area (Å²) in [6, 6.07) is 11.0. The topological polar surface area (TPSA) is 32.3 Å². The van der Waals surface area contributed by atoms with E-state index < -0.39 is 0 Å². The van der Waals surface area contributed by atoms with Gasteiger partial charge < -0.3 is 15.0 Å². The average molecular weight is 216 g/mol. The van der Waals surface area contributed by atoms with E-state index >= 15 is 0 Å². The SMILES string of the molecule is O=C[C@@H]1NC2CC1CN(c1ccccc1)C2. The molecule has 2 bridgehead atoms. The molecule has 0 aromatic heterocycles. The maximum absolute atomic E-state index is 10.9. The van der Waals surface area contributed by atoms with Gasteiger partial charge in [0.2, 0.25) is 0 Å². The Morgan fingerprint density at radius 2 is 2.06 bits per heavy atom. The van der Waals surface area contributed by atoms with Crippen molar-refractivity contribution in [3.8, 4) is 0 Å². The van der Waals surface area contributed by atoms with E-state index in [2.05, 4.69) is 34.5 Å². The van der Waals surface area contributed by atoms with Crippen molar-refractivity contribution >= 4 is 12.0 Å². The van der Waals surface area contributed by atoms with Crippen LogP contribution in [0.3, 0.4) is 0 Å². The van der Waals surface area contributed by atoms with Gasteiger partial charge >= 0.3 is 0 Å². The highest BCUT2D eigenvalue weighted by Crippen LogP contribution is 2.29. The summed E-state index contributed by atoms with van der Waals surface area (Å²) in [4.78, 5) is 13.3. The van der Waals surface area contributed by atoms with Gasteiger partial charge in [-0.2, -0.15) is 0 Å². The first kappa shape index (κ1) is 9.85. The summed E-state index contributed by atoms with van der Waals surface area (Å²) in [6.07, 6.45) is 2.21. The molecule has 16 heavy (non-hydrogen) atoms. The summed E-state index contributed by atoms with van der Waals surface area (Å²) >= 11 is 0. The molecule has 0 saturated carbocycles. The Bertz CT molecular complexity index is 379. The normalized spacial score (nSPS) is 32.8. The Hall–Kier alpha value is -1.35. The van der Waals surface area contributed by atoms with Crippen LogP contribution in [0.5, 0.6) is 0 Å². The van der Waals surface area contributed by atoms with E-state index in [1.165, 1.54) is 5.69 Å². The number of hydrogen-bond acceptors (Lipinski definition) is 3. The second kappa shape index (κ2) is 3.91. The van der Waals surface area contributed by atoms with E-state index in [1.807, 2.05) is 6.07 Å². The lowest BCUT2D eigenvalue weighted by molar-refractivity contribution is -0.109. The summed E-state index contributed by atoms with van der Waals surface area (Å²) in [7, 11) is 0. The second-order valence-electron chi connectivity index (χ2n) is 4.76. The van der Waals surface area contributed by atoms with E-state index in [9.17, 15) is 4.79 Å². The molecule has 3 rings (SSSR count). The lowest BCUT2D eigenvalue weighted by Gasteiger charge is -2.33. The van der Waals surface area contributed by atoms with Crippen molar-refractivity contribution in [1.29, 1.82) is 0 Å². The number of carbonyl (C=O) groups excluding carboxylic acids is 1. The van der Waals surface area contributed by atoms with Crippen LogP contribution in [0.25, 0.3) is 0 Å². The first-order chi connectivity index (χ1) is 7.86. The molecule has 0 spiro atoms. The van der Waals surface area contributed by atoms with Crippen molar-refractivity contribution in [1.82, 2.24) is 5.32 Å². The van der Waals surface area contributed by atoms with Crippen LogP contribution in [0.4, 0.5) is 5.69 Å². The Kier molecular flexibility index (Phi) is 2.40. The van der Waals surface area contributed by atoms with Gasteiger partial charge in [0, 0.05) is 30.7 Å². The van der Waals surface area contributed by atoms with E-state index in [0.29, 0.717) is 12.0 Å². The standard InChI is InChI=1S/C13H16N2O/c16-9-13-10-6-11(14-13)8-15(7-10)12-4-2-1-3-5-12/h1-5,9-11,13-14H,6-8H2/t10?,11?,13-/m0/s1. The lowest BCUT2D eigenvalue weighted by Crippen LogP contribution is -2.41. The van der Waals surface area contributed by atoms with Gasteiger partial charge in [-0.05, 0) is 18.6 Å². The summed E-state index contributed by atoms with van der Waals surface area (Å²) in [6.45, 7) is 2.02. The minimum Gasteiger partial charge on any atom is -0.370 e. The number of anilines is 1. The number of benzene rings is 1. The van der Waals surface area contributed by atoms with Gasteiger partial charge in [0.05, 0.1) is 6.04 Å². The van der Waals surface area contributed by atoms with E-state index in [1.54, 1.807) is 0 Å². The van der Waals surface area contributed by atoms with Crippen LogP contribution in [0.2, 0.25) is 0 Å². The molecule has 2 unspecified atom stereocenters. The maximum atomic E-state index is 10.9. The fourth-order valence-corrected chi connectivity index (χ4v) is 2.93. The quantitative estimate of drug-likeness (QED) is 0.750. The first-order valence-electron chi connectivity index (χ1n) is 5.88. The summed E-state index contributed by atoms with van der Waals surface area (Å²) in [5.41, 5.74) is 1.27. The largest absolute Gasteiger partial charge is 0.370 e. The van der Waals surface area contributed by atoms with Crippen molar-refractivity contribution in [2.75, 3.05) is 18.0 Å². The number of hydrogen-bond donors (Lipinski definition) is 1. The third-order valence-electron chi connectivity index (χ3n) is 3.69. The van der Waals surface area contributed by atoms with Crippen LogP contribution in [0, 0.1) is 5.92 Å². The number of rotatable bonds is 2. The van der Waals surface area contributed by atoms with Gasteiger partial charge in [-0.1, -0.05) is 18.2 Å². The molecule has 1 aromatic carbocycles.